The third-order valence-corrected chi connectivity index (χ3v) is 6.92. The van der Waals surface area contributed by atoms with Crippen molar-refractivity contribution < 1.29 is 19.2 Å². The summed E-state index contributed by atoms with van der Waals surface area (Å²) in [4.78, 5) is 12.4. The zero-order valence-corrected chi connectivity index (χ0v) is 20.4. The van der Waals surface area contributed by atoms with E-state index in [1.54, 1.807) is 18.2 Å². The van der Waals surface area contributed by atoms with Gasteiger partial charge < -0.3 is 9.84 Å². The Kier molecular flexibility index (Phi) is 8.08. The Morgan fingerprint density at radius 3 is 2.79 bits per heavy atom. The number of carbonyl (C=O) groups excluding carboxylic acids is 1. The van der Waals surface area contributed by atoms with E-state index in [1.807, 2.05) is 24.3 Å². The molecule has 0 spiro atoms. The molecule has 1 heterocycles. The summed E-state index contributed by atoms with van der Waals surface area (Å²) in [6.45, 7) is 0. The van der Waals surface area contributed by atoms with Gasteiger partial charge in [-0.1, -0.05) is 35.9 Å². The fourth-order valence-corrected chi connectivity index (χ4v) is 4.97. The Hall–Kier alpha value is -3.04. The normalized spacial score (nSPS) is 14.4. The minimum Gasteiger partial charge on any atom is -0.870 e. The SMILES string of the molecule is COc1cccc(C=NNC(=O)CSc2n[nH]c(-c3ccc(Cl)cc3)[n+]2C2CCCCC2)c1[O-]. The lowest BCUT2D eigenvalue weighted by molar-refractivity contribution is -0.749. The van der Waals surface area contributed by atoms with E-state index in [1.165, 1.54) is 44.3 Å². The Labute approximate surface area is 207 Å². The number of methoxy groups -OCH3 is 1. The number of hydrogen-bond donors (Lipinski definition) is 2. The number of benzene rings is 2. The van der Waals surface area contributed by atoms with Crippen molar-refractivity contribution in [2.75, 3.05) is 12.9 Å². The van der Waals surface area contributed by atoms with Crippen molar-refractivity contribution in [2.45, 2.75) is 43.3 Å². The smallest absolute Gasteiger partial charge is 0.337 e. The predicted molar refractivity (Wildman–Crippen MR) is 130 cm³/mol. The number of thioether (sulfide) groups is 1. The molecule has 1 fully saturated rings. The molecule has 0 atom stereocenters. The van der Waals surface area contributed by atoms with E-state index in [2.05, 4.69) is 25.3 Å². The molecule has 3 aromatic rings. The van der Waals surface area contributed by atoms with E-state index in [0.717, 1.165) is 29.4 Å². The largest absolute Gasteiger partial charge is 0.870 e. The van der Waals surface area contributed by atoms with Crippen LogP contribution in [0.25, 0.3) is 11.4 Å². The van der Waals surface area contributed by atoms with Gasteiger partial charge in [0.25, 0.3) is 11.7 Å². The van der Waals surface area contributed by atoms with E-state index in [0.29, 0.717) is 16.6 Å². The standard InChI is InChI=1S/C24H26ClN5O3S/c1-33-20-9-5-6-17(22(20)32)14-26-27-21(31)15-34-24-29-28-23(16-10-12-18(25)13-11-16)30(24)19-7-3-2-4-8-19/h5-6,9-14,19H,2-4,7-8,15H2,1H3,(H2,26,27,31,32). The van der Waals surface area contributed by atoms with Gasteiger partial charge in [0.15, 0.2) is 0 Å². The maximum atomic E-state index is 12.4. The number of rotatable bonds is 8. The lowest BCUT2D eigenvalue weighted by atomic mass is 9.95. The van der Waals surface area contributed by atoms with Crippen LogP contribution in [0.1, 0.15) is 43.7 Å². The third kappa shape index (κ3) is 5.71. The fourth-order valence-electron chi connectivity index (χ4n) is 4.03. The third-order valence-electron chi connectivity index (χ3n) is 5.72. The highest BCUT2D eigenvalue weighted by atomic mass is 35.5. The Morgan fingerprint density at radius 1 is 1.29 bits per heavy atom. The molecule has 10 heteroatoms. The van der Waals surface area contributed by atoms with Gasteiger partial charge in [-0.05, 0) is 73.3 Å². The number of hydrogen-bond acceptors (Lipinski definition) is 6. The minimum atomic E-state index is -0.289. The molecule has 1 aromatic heterocycles. The summed E-state index contributed by atoms with van der Waals surface area (Å²) in [5, 5.41) is 25.2. The quantitative estimate of drug-likeness (QED) is 0.212. The number of para-hydroxylation sites is 1. The van der Waals surface area contributed by atoms with Gasteiger partial charge in [0.1, 0.15) is 5.75 Å². The van der Waals surface area contributed by atoms with Crippen LogP contribution in [0.15, 0.2) is 52.7 Å². The van der Waals surface area contributed by atoms with E-state index in [9.17, 15) is 9.90 Å². The molecule has 0 radical (unpaired) electrons. The molecule has 1 amide bonds. The van der Waals surface area contributed by atoms with E-state index in [-0.39, 0.29) is 23.2 Å². The summed E-state index contributed by atoms with van der Waals surface area (Å²) in [6, 6.07) is 12.9. The molecule has 0 aliphatic heterocycles. The number of ether oxygens (including phenoxy) is 1. The Balaban J connectivity index is 1.45. The number of H-pyrrole nitrogens is 1. The van der Waals surface area contributed by atoms with Crippen LogP contribution in [0.4, 0.5) is 0 Å². The molecule has 2 aromatic carbocycles. The Bertz CT molecular complexity index is 1160. The number of hydrazone groups is 1. The topological polar surface area (TPSA) is 106 Å². The summed E-state index contributed by atoms with van der Waals surface area (Å²) < 4.78 is 7.23. The fraction of sp³-hybridized carbons (Fsp3) is 0.333. The van der Waals surface area contributed by atoms with Crippen molar-refractivity contribution in [2.24, 2.45) is 5.10 Å². The second-order valence-corrected chi connectivity index (χ2v) is 9.36. The lowest BCUT2D eigenvalue weighted by Crippen LogP contribution is -2.43. The maximum Gasteiger partial charge on any atom is 0.337 e. The number of carbonyl (C=O) groups is 1. The van der Waals surface area contributed by atoms with Crippen LogP contribution >= 0.6 is 23.4 Å². The van der Waals surface area contributed by atoms with Crippen LogP contribution in [0, 0.1) is 0 Å². The first-order chi connectivity index (χ1) is 16.6. The molecule has 1 aliphatic carbocycles. The number of aromatic amines is 1. The van der Waals surface area contributed by atoms with E-state index in [4.69, 9.17) is 16.3 Å². The van der Waals surface area contributed by atoms with Gasteiger partial charge in [0.05, 0.1) is 35.8 Å². The molecule has 0 saturated heterocycles. The van der Waals surface area contributed by atoms with Gasteiger partial charge in [-0.2, -0.15) is 5.10 Å². The molecule has 0 unspecified atom stereocenters. The van der Waals surface area contributed by atoms with Crippen LogP contribution < -0.4 is 19.8 Å². The zero-order chi connectivity index (χ0) is 23.9. The number of halogens is 1. The second kappa shape index (κ2) is 11.4. The van der Waals surface area contributed by atoms with Crippen molar-refractivity contribution in [3.8, 4) is 22.9 Å². The van der Waals surface area contributed by atoms with Crippen LogP contribution in [-0.4, -0.2) is 35.2 Å². The summed E-state index contributed by atoms with van der Waals surface area (Å²) in [6.07, 6.45) is 7.07. The monoisotopic (exact) mass is 499 g/mol. The predicted octanol–water partition coefficient (Wildman–Crippen LogP) is 3.85. The molecule has 178 valence electrons. The number of nitrogens with zero attached hydrogens (tertiary/aromatic N) is 3. The van der Waals surface area contributed by atoms with Crippen molar-refractivity contribution in [1.82, 2.24) is 15.6 Å². The van der Waals surface area contributed by atoms with Crippen LogP contribution in [0.5, 0.6) is 11.5 Å². The summed E-state index contributed by atoms with van der Waals surface area (Å²) in [5.41, 5.74) is 3.81. The number of aromatic nitrogens is 3. The zero-order valence-electron chi connectivity index (χ0n) is 18.8. The van der Waals surface area contributed by atoms with Crippen molar-refractivity contribution in [3.63, 3.8) is 0 Å². The minimum absolute atomic E-state index is 0.136. The molecule has 34 heavy (non-hydrogen) atoms. The maximum absolute atomic E-state index is 12.4. The molecule has 1 saturated carbocycles. The first-order valence-electron chi connectivity index (χ1n) is 11.1. The lowest BCUT2D eigenvalue weighted by Gasteiger charge is -2.21. The highest BCUT2D eigenvalue weighted by Crippen LogP contribution is 2.29. The first-order valence-corrected chi connectivity index (χ1v) is 12.5. The number of nitrogens with one attached hydrogen (secondary N) is 2. The van der Waals surface area contributed by atoms with Gasteiger partial charge in [-0.15, -0.1) is 5.10 Å². The molecular formula is C24H26ClN5O3S. The highest BCUT2D eigenvalue weighted by molar-refractivity contribution is 7.99. The van der Waals surface area contributed by atoms with E-state index < -0.39 is 0 Å². The first kappa shape index (κ1) is 24.1. The van der Waals surface area contributed by atoms with Crippen LogP contribution in [0.2, 0.25) is 5.02 Å². The summed E-state index contributed by atoms with van der Waals surface area (Å²) >= 11 is 7.42. The number of amides is 1. The van der Waals surface area contributed by atoms with Gasteiger partial charge in [-0.25, -0.2) is 9.99 Å². The average Bonchev–Trinajstić information content (AvgIpc) is 3.29. The average molecular weight is 500 g/mol. The van der Waals surface area contributed by atoms with Crippen LogP contribution in [-0.2, 0) is 4.79 Å². The van der Waals surface area contributed by atoms with E-state index >= 15 is 0 Å². The van der Waals surface area contributed by atoms with Crippen LogP contribution in [0.3, 0.4) is 0 Å². The van der Waals surface area contributed by atoms with Crippen molar-refractivity contribution in [3.05, 3.63) is 53.1 Å². The molecule has 2 N–H and O–H groups in total. The summed E-state index contributed by atoms with van der Waals surface area (Å²) in [5.74, 6) is 0.704. The van der Waals surface area contributed by atoms with Crippen molar-refractivity contribution >= 4 is 35.5 Å². The molecule has 0 bridgehead atoms. The van der Waals surface area contributed by atoms with Gasteiger partial charge in [0.2, 0.25) is 0 Å². The Morgan fingerprint density at radius 2 is 2.06 bits per heavy atom. The van der Waals surface area contributed by atoms with Gasteiger partial charge in [-0.3, -0.25) is 4.79 Å². The highest BCUT2D eigenvalue weighted by Gasteiger charge is 2.30. The van der Waals surface area contributed by atoms with Crippen molar-refractivity contribution in [1.29, 1.82) is 0 Å². The molecule has 1 aliphatic rings. The van der Waals surface area contributed by atoms with Gasteiger partial charge >= 0.3 is 5.16 Å². The summed E-state index contributed by atoms with van der Waals surface area (Å²) in [7, 11) is 1.43. The molecule has 4 rings (SSSR count). The van der Waals surface area contributed by atoms with Gasteiger partial charge in [0, 0.05) is 5.02 Å². The molecular weight excluding hydrogens is 474 g/mol. The second-order valence-electron chi connectivity index (χ2n) is 7.98. The molecule has 8 nitrogen and oxygen atoms in total.